The van der Waals surface area contributed by atoms with E-state index in [-0.39, 0.29) is 12.6 Å². The quantitative estimate of drug-likeness (QED) is 0.608. The second-order valence-electron chi connectivity index (χ2n) is 3.98. The number of carbonyl (C=O) groups excluding carboxylic acids is 1. The maximum absolute atomic E-state index is 10.7. The van der Waals surface area contributed by atoms with Crippen LogP contribution in [0.2, 0.25) is 0 Å². The van der Waals surface area contributed by atoms with E-state index in [1.165, 1.54) is 6.92 Å². The zero-order valence-electron chi connectivity index (χ0n) is 10.6. The molecule has 3 heteroatoms. The van der Waals surface area contributed by atoms with E-state index in [4.69, 9.17) is 4.74 Å². The van der Waals surface area contributed by atoms with Crippen molar-refractivity contribution in [3.63, 3.8) is 0 Å². The molecular weight excluding hydrogens is 238 g/mol. The molecule has 0 aliphatic carbocycles. The lowest BCUT2D eigenvalue weighted by Gasteiger charge is -2.01. The molecule has 0 saturated heterocycles. The molecule has 94 valence electrons. The summed E-state index contributed by atoms with van der Waals surface area (Å²) in [6, 6.07) is 11.6. The van der Waals surface area contributed by atoms with Gasteiger partial charge in [0.15, 0.2) is 0 Å². The number of pyridine rings is 1. The van der Waals surface area contributed by atoms with Gasteiger partial charge in [0.05, 0.1) is 0 Å². The van der Waals surface area contributed by atoms with Gasteiger partial charge in [0.1, 0.15) is 6.61 Å². The van der Waals surface area contributed by atoms with E-state index in [0.29, 0.717) is 0 Å². The van der Waals surface area contributed by atoms with Gasteiger partial charge in [0, 0.05) is 36.0 Å². The fraction of sp³-hybridized carbons (Fsp3) is 0.125. The van der Waals surface area contributed by atoms with Crippen molar-refractivity contribution in [2.45, 2.75) is 13.5 Å². The Morgan fingerprint density at radius 1 is 1.16 bits per heavy atom. The smallest absolute Gasteiger partial charge is 0.302 e. The van der Waals surface area contributed by atoms with Crippen LogP contribution in [-0.4, -0.2) is 11.0 Å². The summed E-state index contributed by atoms with van der Waals surface area (Å²) >= 11 is 0. The lowest BCUT2D eigenvalue weighted by atomic mass is 10.2. The van der Waals surface area contributed by atoms with Gasteiger partial charge in [-0.1, -0.05) is 30.0 Å². The molecule has 1 heterocycles. The molecule has 3 nitrogen and oxygen atoms in total. The first-order valence-corrected chi connectivity index (χ1v) is 5.88. The number of rotatable bonds is 2. The monoisotopic (exact) mass is 251 g/mol. The van der Waals surface area contributed by atoms with Crippen molar-refractivity contribution in [1.29, 1.82) is 0 Å². The predicted octanol–water partition coefficient (Wildman–Crippen LogP) is 2.54. The lowest BCUT2D eigenvalue weighted by molar-refractivity contribution is -0.142. The average molecular weight is 251 g/mol. The number of ether oxygens (including phenoxy) is 1. The van der Waals surface area contributed by atoms with Crippen LogP contribution in [0.1, 0.15) is 23.6 Å². The van der Waals surface area contributed by atoms with Crippen LogP contribution in [-0.2, 0) is 16.1 Å². The van der Waals surface area contributed by atoms with Gasteiger partial charge in [-0.15, -0.1) is 0 Å². The van der Waals surface area contributed by atoms with Gasteiger partial charge < -0.3 is 4.74 Å². The third-order valence-electron chi connectivity index (χ3n) is 2.36. The van der Waals surface area contributed by atoms with Gasteiger partial charge in [-0.2, -0.15) is 0 Å². The lowest BCUT2D eigenvalue weighted by Crippen LogP contribution is -1.99. The number of hydrogen-bond donors (Lipinski definition) is 0. The maximum atomic E-state index is 10.7. The molecule has 19 heavy (non-hydrogen) atoms. The molecule has 0 aliphatic heterocycles. The van der Waals surface area contributed by atoms with Crippen molar-refractivity contribution < 1.29 is 9.53 Å². The van der Waals surface area contributed by atoms with Gasteiger partial charge in [-0.3, -0.25) is 9.78 Å². The molecular formula is C16H13NO2. The minimum absolute atomic E-state index is 0.225. The van der Waals surface area contributed by atoms with Gasteiger partial charge >= 0.3 is 5.97 Å². The average Bonchev–Trinajstić information content (AvgIpc) is 2.44. The van der Waals surface area contributed by atoms with Crippen molar-refractivity contribution in [2.75, 3.05) is 0 Å². The minimum atomic E-state index is -0.305. The fourth-order valence-corrected chi connectivity index (χ4v) is 1.49. The molecule has 0 bridgehead atoms. The standard InChI is InChI=1S/C16H13NO2/c1-13(18)19-12-16-9-15(10-17-11-16)8-7-14-5-3-2-4-6-14/h2-6,9-11H,12H2,1H3. The molecule has 0 N–H and O–H groups in total. The predicted molar refractivity (Wildman–Crippen MR) is 72.1 cm³/mol. The van der Waals surface area contributed by atoms with E-state index in [9.17, 15) is 4.79 Å². The second kappa shape index (κ2) is 6.36. The van der Waals surface area contributed by atoms with Crippen molar-refractivity contribution in [2.24, 2.45) is 0 Å². The highest BCUT2D eigenvalue weighted by Crippen LogP contribution is 2.04. The SMILES string of the molecule is CC(=O)OCc1cncc(C#Cc2ccccc2)c1. The third-order valence-corrected chi connectivity index (χ3v) is 2.36. The number of benzene rings is 1. The van der Waals surface area contributed by atoms with Crippen molar-refractivity contribution in [3.8, 4) is 11.8 Å². The van der Waals surface area contributed by atoms with Gasteiger partial charge in [0.2, 0.25) is 0 Å². The Kier molecular flexibility index (Phi) is 4.30. The molecule has 0 amide bonds. The minimum Gasteiger partial charge on any atom is -0.461 e. The molecule has 0 spiro atoms. The van der Waals surface area contributed by atoms with Crippen molar-refractivity contribution in [3.05, 3.63) is 65.5 Å². The first-order chi connectivity index (χ1) is 9.24. The Bertz CT molecular complexity index is 624. The third kappa shape index (κ3) is 4.29. The molecule has 1 aromatic carbocycles. The molecule has 0 radical (unpaired) electrons. The maximum Gasteiger partial charge on any atom is 0.302 e. The summed E-state index contributed by atoms with van der Waals surface area (Å²) < 4.78 is 4.92. The highest BCUT2D eigenvalue weighted by Gasteiger charge is 1.97. The van der Waals surface area contributed by atoms with Crippen LogP contribution >= 0.6 is 0 Å². The Morgan fingerprint density at radius 3 is 2.63 bits per heavy atom. The summed E-state index contributed by atoms with van der Waals surface area (Å²) in [5.41, 5.74) is 2.58. The normalized spacial score (nSPS) is 9.32. The van der Waals surface area contributed by atoms with Gasteiger partial charge in [-0.05, 0) is 18.2 Å². The Balaban J connectivity index is 2.11. The van der Waals surface area contributed by atoms with E-state index >= 15 is 0 Å². The van der Waals surface area contributed by atoms with Crippen molar-refractivity contribution >= 4 is 5.97 Å². The summed E-state index contributed by atoms with van der Waals surface area (Å²) in [5.74, 6) is 5.79. The van der Waals surface area contributed by atoms with E-state index in [0.717, 1.165) is 16.7 Å². The number of carbonyl (C=O) groups is 1. The van der Waals surface area contributed by atoms with Crippen LogP contribution in [0, 0.1) is 11.8 Å². The van der Waals surface area contributed by atoms with Crippen LogP contribution in [0.3, 0.4) is 0 Å². The Labute approximate surface area is 112 Å². The molecule has 0 unspecified atom stereocenters. The summed E-state index contributed by atoms with van der Waals surface area (Å²) in [5, 5.41) is 0. The van der Waals surface area contributed by atoms with Crippen LogP contribution in [0.4, 0.5) is 0 Å². The highest BCUT2D eigenvalue weighted by molar-refractivity contribution is 5.65. The van der Waals surface area contributed by atoms with E-state index < -0.39 is 0 Å². The van der Waals surface area contributed by atoms with Crippen LogP contribution < -0.4 is 0 Å². The first-order valence-electron chi connectivity index (χ1n) is 5.88. The van der Waals surface area contributed by atoms with E-state index in [1.807, 2.05) is 36.4 Å². The van der Waals surface area contributed by atoms with Gasteiger partial charge in [-0.25, -0.2) is 0 Å². The second-order valence-corrected chi connectivity index (χ2v) is 3.98. The summed E-state index contributed by atoms with van der Waals surface area (Å²) in [6.07, 6.45) is 3.35. The summed E-state index contributed by atoms with van der Waals surface area (Å²) in [4.78, 5) is 14.8. The molecule has 0 aliphatic rings. The van der Waals surface area contributed by atoms with Crippen molar-refractivity contribution in [1.82, 2.24) is 4.98 Å². The number of aromatic nitrogens is 1. The van der Waals surface area contributed by atoms with E-state index in [1.54, 1.807) is 12.4 Å². The molecule has 2 rings (SSSR count). The first kappa shape index (κ1) is 12.8. The largest absolute Gasteiger partial charge is 0.461 e. The number of hydrogen-bond acceptors (Lipinski definition) is 3. The molecule has 0 atom stereocenters. The summed E-state index contributed by atoms with van der Waals surface area (Å²) in [6.45, 7) is 1.61. The van der Waals surface area contributed by atoms with Gasteiger partial charge in [0.25, 0.3) is 0 Å². The molecule has 2 aromatic rings. The van der Waals surface area contributed by atoms with Crippen LogP contribution in [0.15, 0.2) is 48.8 Å². The van der Waals surface area contributed by atoms with Crippen LogP contribution in [0.5, 0.6) is 0 Å². The van der Waals surface area contributed by atoms with Crippen LogP contribution in [0.25, 0.3) is 0 Å². The summed E-state index contributed by atoms with van der Waals surface area (Å²) in [7, 11) is 0. The highest BCUT2D eigenvalue weighted by atomic mass is 16.5. The zero-order valence-corrected chi connectivity index (χ0v) is 10.6. The Morgan fingerprint density at radius 2 is 1.89 bits per heavy atom. The molecule has 0 saturated carbocycles. The zero-order chi connectivity index (χ0) is 13.5. The molecule has 0 fully saturated rings. The number of esters is 1. The molecule has 1 aromatic heterocycles. The Hall–Kier alpha value is -2.60. The topological polar surface area (TPSA) is 39.2 Å². The number of nitrogens with zero attached hydrogens (tertiary/aromatic N) is 1. The fourth-order valence-electron chi connectivity index (χ4n) is 1.49. The van der Waals surface area contributed by atoms with E-state index in [2.05, 4.69) is 16.8 Å².